The summed E-state index contributed by atoms with van der Waals surface area (Å²) in [5.41, 5.74) is 5.96. The van der Waals surface area contributed by atoms with E-state index >= 15 is 0 Å². The largest absolute Gasteiger partial charge is 0.489 e. The molecule has 21 heavy (non-hydrogen) atoms. The van der Waals surface area contributed by atoms with E-state index in [0.717, 1.165) is 18.8 Å². The van der Waals surface area contributed by atoms with Crippen LogP contribution in [-0.2, 0) is 4.74 Å². The molecule has 118 valence electrons. The molecule has 1 aromatic rings. The van der Waals surface area contributed by atoms with Crippen LogP contribution in [0.5, 0.6) is 5.75 Å². The lowest BCUT2D eigenvalue weighted by atomic mass is 10.3. The Hall–Kier alpha value is -0.730. The molecule has 0 saturated carbocycles. The average molecular weight is 426 g/mol. The van der Waals surface area contributed by atoms with Crippen molar-refractivity contribution in [2.24, 2.45) is 10.7 Å². The van der Waals surface area contributed by atoms with E-state index in [2.05, 4.69) is 4.99 Å². The summed E-state index contributed by atoms with van der Waals surface area (Å²) < 4.78 is 11.0. The average Bonchev–Trinajstić information content (AvgIpc) is 2.46. The van der Waals surface area contributed by atoms with Crippen molar-refractivity contribution in [3.8, 4) is 5.75 Å². The number of ether oxygens (including phenoxy) is 2. The van der Waals surface area contributed by atoms with E-state index in [1.807, 2.05) is 30.0 Å². The summed E-state index contributed by atoms with van der Waals surface area (Å²) >= 11 is 5.91. The van der Waals surface area contributed by atoms with Crippen molar-refractivity contribution in [1.82, 2.24) is 4.90 Å². The fourth-order valence-corrected chi connectivity index (χ4v) is 2.10. The Kier molecular flexibility index (Phi) is 8.13. The van der Waals surface area contributed by atoms with Crippen molar-refractivity contribution in [1.29, 1.82) is 0 Å². The van der Waals surface area contributed by atoms with Gasteiger partial charge in [0.2, 0.25) is 0 Å². The summed E-state index contributed by atoms with van der Waals surface area (Å²) in [6, 6.07) is 7.33. The van der Waals surface area contributed by atoms with Gasteiger partial charge in [0.05, 0.1) is 19.8 Å². The van der Waals surface area contributed by atoms with E-state index in [9.17, 15) is 0 Å². The molecule has 2 rings (SSSR count). The maximum absolute atomic E-state index is 5.96. The molecule has 0 bridgehead atoms. The number of halogens is 2. The molecule has 1 aliphatic rings. The zero-order chi connectivity index (χ0) is 14.4. The molecule has 1 aromatic carbocycles. The first kappa shape index (κ1) is 18.3. The minimum absolute atomic E-state index is 0. The van der Waals surface area contributed by atoms with Crippen molar-refractivity contribution in [3.63, 3.8) is 0 Å². The van der Waals surface area contributed by atoms with E-state index in [1.54, 1.807) is 6.07 Å². The number of morpholine rings is 1. The molecule has 1 heterocycles. The van der Waals surface area contributed by atoms with E-state index in [1.165, 1.54) is 0 Å². The van der Waals surface area contributed by atoms with Gasteiger partial charge < -0.3 is 20.1 Å². The predicted octanol–water partition coefficient (Wildman–Crippen LogP) is 2.37. The Balaban J connectivity index is 0.00000220. The van der Waals surface area contributed by atoms with Gasteiger partial charge in [-0.25, -0.2) is 4.99 Å². The second kappa shape index (κ2) is 9.32. The SMILES string of the molecule is CC(CN=C(N)N1CCOCC1)Oc1cccc(Cl)c1.I. The van der Waals surface area contributed by atoms with Gasteiger partial charge in [-0.15, -0.1) is 24.0 Å². The number of rotatable bonds is 4. The Morgan fingerprint density at radius 2 is 2.19 bits per heavy atom. The molecule has 1 fully saturated rings. The Bertz CT molecular complexity index is 467. The number of hydrogen-bond acceptors (Lipinski definition) is 3. The second-order valence-corrected chi connectivity index (χ2v) is 5.12. The van der Waals surface area contributed by atoms with Crippen LogP contribution >= 0.6 is 35.6 Å². The molecule has 0 spiro atoms. The molecule has 1 aliphatic heterocycles. The van der Waals surface area contributed by atoms with Crippen LogP contribution in [0.2, 0.25) is 5.02 Å². The van der Waals surface area contributed by atoms with Crippen LogP contribution in [0.1, 0.15) is 6.92 Å². The number of guanidine groups is 1. The van der Waals surface area contributed by atoms with E-state index in [-0.39, 0.29) is 30.1 Å². The maximum Gasteiger partial charge on any atom is 0.191 e. The number of aliphatic imine (C=N–C) groups is 1. The topological polar surface area (TPSA) is 60.1 Å². The third-order valence-corrected chi connectivity index (χ3v) is 3.21. The molecule has 1 saturated heterocycles. The molecular formula is C14H21ClIN3O2. The van der Waals surface area contributed by atoms with Crippen LogP contribution in [0.4, 0.5) is 0 Å². The van der Waals surface area contributed by atoms with Crippen LogP contribution in [0, 0.1) is 0 Å². The van der Waals surface area contributed by atoms with Gasteiger partial charge >= 0.3 is 0 Å². The number of nitrogens with two attached hydrogens (primary N) is 1. The van der Waals surface area contributed by atoms with Gasteiger partial charge in [-0.2, -0.15) is 0 Å². The summed E-state index contributed by atoms with van der Waals surface area (Å²) in [4.78, 5) is 6.40. The fourth-order valence-electron chi connectivity index (χ4n) is 1.92. The fraction of sp³-hybridized carbons (Fsp3) is 0.500. The smallest absolute Gasteiger partial charge is 0.191 e. The number of benzene rings is 1. The van der Waals surface area contributed by atoms with Gasteiger partial charge in [-0.3, -0.25) is 0 Å². The van der Waals surface area contributed by atoms with Crippen molar-refractivity contribution < 1.29 is 9.47 Å². The van der Waals surface area contributed by atoms with Gasteiger partial charge in [-0.1, -0.05) is 17.7 Å². The molecule has 1 unspecified atom stereocenters. The van der Waals surface area contributed by atoms with Gasteiger partial charge in [0.15, 0.2) is 5.96 Å². The summed E-state index contributed by atoms with van der Waals surface area (Å²) in [7, 11) is 0. The molecule has 0 amide bonds. The lowest BCUT2D eigenvalue weighted by Gasteiger charge is -2.27. The predicted molar refractivity (Wildman–Crippen MR) is 95.8 cm³/mol. The third kappa shape index (κ3) is 6.27. The quantitative estimate of drug-likeness (QED) is 0.457. The highest BCUT2D eigenvalue weighted by Crippen LogP contribution is 2.18. The first-order valence-corrected chi connectivity index (χ1v) is 7.08. The Morgan fingerprint density at radius 1 is 1.48 bits per heavy atom. The Morgan fingerprint density at radius 3 is 2.86 bits per heavy atom. The molecule has 5 nitrogen and oxygen atoms in total. The van der Waals surface area contributed by atoms with Crippen LogP contribution in [0.3, 0.4) is 0 Å². The molecule has 0 aromatic heterocycles. The van der Waals surface area contributed by atoms with Crippen molar-refractivity contribution in [3.05, 3.63) is 29.3 Å². The summed E-state index contributed by atoms with van der Waals surface area (Å²) in [6.45, 7) is 5.44. The maximum atomic E-state index is 5.96. The van der Waals surface area contributed by atoms with Crippen LogP contribution in [-0.4, -0.2) is 49.8 Å². The number of nitrogens with zero attached hydrogens (tertiary/aromatic N) is 2. The van der Waals surface area contributed by atoms with Gasteiger partial charge in [0.1, 0.15) is 11.9 Å². The molecular weight excluding hydrogens is 405 g/mol. The molecule has 1 atom stereocenters. The summed E-state index contributed by atoms with van der Waals surface area (Å²) in [5, 5.41) is 0.658. The van der Waals surface area contributed by atoms with Gasteiger partial charge in [0.25, 0.3) is 0 Å². The second-order valence-electron chi connectivity index (χ2n) is 4.68. The monoisotopic (exact) mass is 425 g/mol. The van der Waals surface area contributed by atoms with Gasteiger partial charge in [-0.05, 0) is 25.1 Å². The summed E-state index contributed by atoms with van der Waals surface area (Å²) in [6.07, 6.45) is -0.0620. The Labute approximate surface area is 147 Å². The normalized spacial score (nSPS) is 17.0. The molecule has 0 aliphatic carbocycles. The molecule has 7 heteroatoms. The van der Waals surface area contributed by atoms with Crippen molar-refractivity contribution in [2.75, 3.05) is 32.8 Å². The van der Waals surface area contributed by atoms with E-state index in [4.69, 9.17) is 26.8 Å². The minimum Gasteiger partial charge on any atom is -0.489 e. The highest BCUT2D eigenvalue weighted by Gasteiger charge is 2.12. The standard InChI is InChI=1S/C14H20ClN3O2.HI/c1-11(20-13-4-2-3-12(15)9-13)10-17-14(16)18-5-7-19-8-6-18;/h2-4,9,11H,5-8,10H2,1H3,(H2,16,17);1H. The first-order chi connectivity index (χ1) is 9.65. The number of hydrogen-bond donors (Lipinski definition) is 1. The highest BCUT2D eigenvalue weighted by molar-refractivity contribution is 14.0. The lowest BCUT2D eigenvalue weighted by Crippen LogP contribution is -2.45. The zero-order valence-electron chi connectivity index (χ0n) is 12.0. The van der Waals surface area contributed by atoms with Crippen LogP contribution in [0.15, 0.2) is 29.3 Å². The third-order valence-electron chi connectivity index (χ3n) is 2.98. The van der Waals surface area contributed by atoms with E-state index < -0.39 is 0 Å². The van der Waals surface area contributed by atoms with E-state index in [0.29, 0.717) is 30.7 Å². The zero-order valence-corrected chi connectivity index (χ0v) is 15.1. The minimum atomic E-state index is -0.0620. The van der Waals surface area contributed by atoms with Crippen molar-refractivity contribution >= 4 is 41.5 Å². The van der Waals surface area contributed by atoms with Crippen molar-refractivity contribution in [2.45, 2.75) is 13.0 Å². The highest BCUT2D eigenvalue weighted by atomic mass is 127. The first-order valence-electron chi connectivity index (χ1n) is 6.70. The van der Waals surface area contributed by atoms with Crippen LogP contribution < -0.4 is 10.5 Å². The van der Waals surface area contributed by atoms with Gasteiger partial charge in [0, 0.05) is 18.1 Å². The molecule has 2 N–H and O–H groups in total. The molecule has 0 radical (unpaired) electrons. The summed E-state index contributed by atoms with van der Waals surface area (Å²) in [5.74, 6) is 1.29. The van der Waals surface area contributed by atoms with Crippen LogP contribution in [0.25, 0.3) is 0 Å². The lowest BCUT2D eigenvalue weighted by molar-refractivity contribution is 0.0673.